The van der Waals surface area contributed by atoms with E-state index in [0.29, 0.717) is 80.4 Å². The van der Waals surface area contributed by atoms with E-state index in [2.05, 4.69) is 88.7 Å². The molecule has 0 aliphatic heterocycles. The summed E-state index contributed by atoms with van der Waals surface area (Å²) < 4.78 is 272. The molecule has 0 spiro atoms. The van der Waals surface area contributed by atoms with Crippen LogP contribution in [0.25, 0.3) is 44.1 Å². The topological polar surface area (TPSA) is 447 Å². The number of ketones is 4. The Hall–Kier alpha value is -13.4. The van der Waals surface area contributed by atoms with Crippen molar-refractivity contribution >= 4 is 200 Å². The summed E-state index contributed by atoms with van der Waals surface area (Å²) in [7, 11) is -16.5. The van der Waals surface area contributed by atoms with E-state index in [1.807, 2.05) is 0 Å². The summed E-state index contributed by atoms with van der Waals surface area (Å²) in [6, 6.07) is 23.9. The van der Waals surface area contributed by atoms with Gasteiger partial charge in [0.15, 0.2) is 0 Å². The van der Waals surface area contributed by atoms with Crippen molar-refractivity contribution in [2.45, 2.75) is 57.6 Å². The van der Waals surface area contributed by atoms with Gasteiger partial charge in [-0.15, -0.1) is 0 Å². The minimum absolute atomic E-state index is 0.00475. The highest BCUT2D eigenvalue weighted by atomic mass is 35.5. The van der Waals surface area contributed by atoms with Crippen molar-refractivity contribution in [1.29, 1.82) is 0 Å². The molecule has 16 rings (SSSR count). The number of H-pyrrole nitrogens is 3. The standard InChI is InChI=1S/C21H15ClF3N5O3S.C20H12Cl2F3N5O3S.C20H11Cl2F3N4O3S.C19H11ClF3N5O3S/c1-2-11-7-16(30-34(32,33)12-3-4-15(22)14(8-12)21(23,24)25)18(27-9-11)19(31)17-13-5-6-26-20(13)29-10-28-17;1-30-5-4-12-16(27-9-28-19(12)30)18(31)17-15(6-10(21)8-26-17)29-34(32,33)11-2-3-14(22)13(7-11)20(23,24)25;21-10-1-3-12(18(30)17-13-5-6-26-19(13)28-9-27-17)16(7-10)29-33(31,32)11-2-4-15(22)14(8-11)20(23,24)25;20-13-4-3-10(8-12(13)19(21,22)23)32(30,31)28-14-2-1-6-24-16(14)17(29)15-11-5-7-25-18(11)27-9-26-15/h3-10,30H,2H2,1H3,(H,26,28,29);2-9,29H,1H3;1-9,29H,(H,26,27,28);1-9,28H,(H,25,26,27). The van der Waals surface area contributed by atoms with Gasteiger partial charge in [0.25, 0.3) is 40.1 Å². The number of aryl methyl sites for hydroxylation is 2. The Morgan fingerprint density at radius 2 is 0.699 bits per heavy atom. The van der Waals surface area contributed by atoms with Crippen molar-refractivity contribution in [3.8, 4) is 0 Å². The monoisotopic (exact) mass is 2030 g/mol. The quantitative estimate of drug-likeness (QED) is 0.0259. The lowest BCUT2D eigenvalue weighted by Crippen LogP contribution is -2.19. The third-order valence-electron chi connectivity index (χ3n) is 18.7. The number of hydrogen-bond acceptors (Lipinski definition) is 23. The number of carbonyl (C=O) groups is 4. The second-order valence-electron chi connectivity index (χ2n) is 27.3. The molecule has 31 nitrogen and oxygen atoms in total. The van der Waals surface area contributed by atoms with Gasteiger partial charge >= 0.3 is 24.7 Å². The van der Waals surface area contributed by atoms with Crippen molar-refractivity contribution in [2.75, 3.05) is 18.9 Å². The largest absolute Gasteiger partial charge is 0.417 e. The van der Waals surface area contributed by atoms with Crippen LogP contribution in [-0.4, -0.2) is 131 Å². The molecule has 53 heteroatoms. The molecule has 11 aromatic heterocycles. The number of pyridine rings is 3. The number of alkyl halides is 12. The van der Waals surface area contributed by atoms with Gasteiger partial charge in [0, 0.05) is 82.6 Å². The van der Waals surface area contributed by atoms with Crippen molar-refractivity contribution < 1.29 is 106 Å². The normalized spacial score (nSPS) is 12.2. The molecule has 0 aliphatic carbocycles. The summed E-state index contributed by atoms with van der Waals surface area (Å²) in [5, 5.41) is -0.947. The minimum atomic E-state index is -4.88. The number of halogens is 18. The molecule has 0 saturated heterocycles. The van der Waals surface area contributed by atoms with Crippen LogP contribution in [-0.2, 0) is 78.3 Å². The van der Waals surface area contributed by atoms with Gasteiger partial charge in [-0.3, -0.25) is 48.0 Å². The molecule has 5 aromatic carbocycles. The lowest BCUT2D eigenvalue weighted by molar-refractivity contribution is -0.138. The first-order valence-electron chi connectivity index (χ1n) is 36.7. The van der Waals surface area contributed by atoms with E-state index in [-0.39, 0.29) is 78.2 Å². The SMILES string of the molecule is CCc1cnc(C(=O)c2ncnc3[nH]ccc23)c(NS(=O)(=O)c2ccc(Cl)c(C(F)(F)F)c2)c1.Cn1ccc2c(C(=O)c3ncc(Cl)cc3NS(=O)(=O)c3ccc(Cl)c(C(F)(F)F)c3)ncnc21.O=C(c1ccc(Cl)cc1NS(=O)(=O)c1ccc(Cl)c(C(F)(F)F)c1)c1ncnc2[nH]ccc12.O=C(c1ncccc1NS(=O)(=O)c1ccc(Cl)c(C(F)(F)F)c1)c1ncnc2[nH]ccc12. The first kappa shape index (κ1) is 97.1. The number of carbonyl (C=O) groups excluding carboxylic acids is 4. The number of nitrogens with zero attached hydrogens (tertiary/aromatic N) is 12. The number of anilines is 4. The van der Waals surface area contributed by atoms with Gasteiger partial charge in [0.1, 0.15) is 87.8 Å². The summed E-state index contributed by atoms with van der Waals surface area (Å²) in [6.45, 7) is 1.79. The van der Waals surface area contributed by atoms with Gasteiger partial charge in [-0.05, 0) is 152 Å². The molecule has 0 unspecified atom stereocenters. The zero-order valence-electron chi connectivity index (χ0n) is 66.0. The predicted octanol–water partition coefficient (Wildman–Crippen LogP) is 18.7. The maximum Gasteiger partial charge on any atom is 0.417 e. The van der Waals surface area contributed by atoms with Crippen LogP contribution < -0.4 is 18.9 Å². The zero-order chi connectivity index (χ0) is 96.6. The molecule has 0 amide bonds. The van der Waals surface area contributed by atoms with Crippen LogP contribution >= 0.6 is 69.6 Å². The molecule has 133 heavy (non-hydrogen) atoms. The van der Waals surface area contributed by atoms with Gasteiger partial charge in [0.2, 0.25) is 23.1 Å². The fourth-order valence-electron chi connectivity index (χ4n) is 12.4. The molecule has 0 bridgehead atoms. The van der Waals surface area contributed by atoms with Crippen LogP contribution in [0, 0.1) is 0 Å². The Bertz CT molecular complexity index is 7850. The number of rotatable bonds is 21. The number of aromatic nitrogens is 15. The Labute approximate surface area is 769 Å². The molecule has 11 heterocycles. The van der Waals surface area contributed by atoms with Crippen molar-refractivity contribution in [2.24, 2.45) is 7.05 Å². The average molecular weight is 2040 g/mol. The van der Waals surface area contributed by atoms with Gasteiger partial charge in [-0.2, -0.15) is 52.7 Å². The molecule has 16 aromatic rings. The molecule has 0 aliphatic rings. The highest BCUT2D eigenvalue weighted by Gasteiger charge is 2.40. The smallest absolute Gasteiger partial charge is 0.346 e. The maximum absolute atomic E-state index is 13.3. The van der Waals surface area contributed by atoms with Crippen molar-refractivity contribution in [1.82, 2.24) is 74.3 Å². The van der Waals surface area contributed by atoms with Crippen LogP contribution in [0.15, 0.2) is 228 Å². The van der Waals surface area contributed by atoms with E-state index in [1.54, 1.807) is 67.6 Å². The lowest BCUT2D eigenvalue weighted by Gasteiger charge is -2.15. The van der Waals surface area contributed by atoms with Crippen LogP contribution in [0.4, 0.5) is 75.4 Å². The third-order valence-corrected chi connectivity index (χ3v) is 25.9. The molecular weight excluding hydrogens is 1990 g/mol. The van der Waals surface area contributed by atoms with Crippen LogP contribution in [0.1, 0.15) is 99.3 Å². The first-order valence-corrected chi connectivity index (χ1v) is 44.9. The number of aromatic amines is 3. The van der Waals surface area contributed by atoms with Gasteiger partial charge in [-0.25, -0.2) is 78.5 Å². The Balaban J connectivity index is 0.000000151. The van der Waals surface area contributed by atoms with Crippen LogP contribution in [0.5, 0.6) is 0 Å². The summed E-state index contributed by atoms with van der Waals surface area (Å²) in [4.78, 5) is 103. The van der Waals surface area contributed by atoms with Gasteiger partial charge in [0.05, 0.1) is 89.7 Å². The number of fused-ring (bicyclic) bond motifs is 4. The van der Waals surface area contributed by atoms with E-state index < -0.39 is 150 Å². The number of sulfonamides is 4. The molecular formula is C80H49Cl6F12N19O12S4. The molecule has 0 radical (unpaired) electrons. The molecule has 0 saturated carbocycles. The summed E-state index contributed by atoms with van der Waals surface area (Å²) in [5.74, 6) is -2.80. The Morgan fingerprint density at radius 3 is 1.10 bits per heavy atom. The molecule has 0 fully saturated rings. The van der Waals surface area contributed by atoms with Crippen molar-refractivity contribution in [3.63, 3.8) is 0 Å². The van der Waals surface area contributed by atoms with Crippen molar-refractivity contribution in [3.05, 3.63) is 312 Å². The predicted molar refractivity (Wildman–Crippen MR) is 462 cm³/mol. The molecule has 0 atom stereocenters. The maximum atomic E-state index is 13.3. The fourth-order valence-corrected chi connectivity index (χ4v) is 18.0. The van der Waals surface area contributed by atoms with E-state index in [9.17, 15) is 106 Å². The first-order chi connectivity index (χ1) is 62.4. The molecule has 7 N–H and O–H groups in total. The average Bonchev–Trinajstić information content (AvgIpc) is 1.62. The fraction of sp³-hybridized carbons (Fsp3) is 0.0875. The Morgan fingerprint density at radius 1 is 0.353 bits per heavy atom. The van der Waals surface area contributed by atoms with Crippen LogP contribution in [0.3, 0.4) is 0 Å². The summed E-state index contributed by atoms with van der Waals surface area (Å²) >= 11 is 34.2. The number of benzene rings is 5. The van der Waals surface area contributed by atoms with Gasteiger partial charge < -0.3 is 19.5 Å². The van der Waals surface area contributed by atoms with E-state index in [0.717, 1.165) is 73.4 Å². The number of nitrogens with one attached hydrogen (secondary N) is 7. The second-order valence-corrected chi connectivity index (χ2v) is 36.5. The highest BCUT2D eigenvalue weighted by Crippen LogP contribution is 2.42. The Kier molecular flexibility index (Phi) is 27.8. The summed E-state index contributed by atoms with van der Waals surface area (Å²) in [5.41, 5.74) is -5.17. The highest BCUT2D eigenvalue weighted by molar-refractivity contribution is 7.93. The minimum Gasteiger partial charge on any atom is -0.346 e. The number of hydrogen-bond donors (Lipinski definition) is 7. The summed E-state index contributed by atoms with van der Waals surface area (Å²) in [6.07, 6.45) is -4.20. The van der Waals surface area contributed by atoms with Crippen LogP contribution in [0.2, 0.25) is 30.1 Å². The van der Waals surface area contributed by atoms with E-state index in [4.69, 9.17) is 69.6 Å². The third kappa shape index (κ3) is 21.5. The molecule has 686 valence electrons. The second kappa shape index (κ2) is 38.1. The lowest BCUT2D eigenvalue weighted by atomic mass is 10.0. The van der Waals surface area contributed by atoms with E-state index in [1.165, 1.54) is 61.4 Å². The zero-order valence-corrected chi connectivity index (χ0v) is 73.8. The van der Waals surface area contributed by atoms with E-state index >= 15 is 0 Å². The van der Waals surface area contributed by atoms with Gasteiger partial charge in [-0.1, -0.05) is 76.5 Å².